The van der Waals surface area contributed by atoms with Gasteiger partial charge in [-0.1, -0.05) is 0 Å². The summed E-state index contributed by atoms with van der Waals surface area (Å²) in [6.45, 7) is 0. The molecule has 15 heavy (non-hydrogen) atoms. The first-order valence-corrected chi connectivity index (χ1v) is 4.72. The lowest BCUT2D eigenvalue weighted by Crippen LogP contribution is -2.22. The van der Waals surface area contributed by atoms with Crippen molar-refractivity contribution in [1.82, 2.24) is 0 Å². The van der Waals surface area contributed by atoms with E-state index in [4.69, 9.17) is 5.11 Å². The average Bonchev–Trinajstić information content (AvgIpc) is 2.14. The van der Waals surface area contributed by atoms with Crippen LogP contribution in [-0.2, 0) is 0 Å². The Morgan fingerprint density at radius 3 is 2.00 bits per heavy atom. The third-order valence-electron chi connectivity index (χ3n) is 1.89. The van der Waals surface area contributed by atoms with Crippen molar-refractivity contribution in [2.45, 2.75) is 12.2 Å². The van der Waals surface area contributed by atoms with E-state index in [1.54, 1.807) is 0 Å². The second kappa shape index (κ2) is 4.87. The Balaban J connectivity index is 3.13. The summed E-state index contributed by atoms with van der Waals surface area (Å²) in [5.41, 5.74) is -0.752. The van der Waals surface area contributed by atoms with Crippen LogP contribution in [0.2, 0.25) is 0 Å². The number of hydrogen-bond donors (Lipinski definition) is 3. The molecule has 1 aromatic carbocycles. The number of aliphatic hydroxyl groups is 2. The van der Waals surface area contributed by atoms with Crippen LogP contribution in [0.25, 0.3) is 0 Å². The maximum Gasteiger partial charge on any atom is 0.134 e. The van der Waals surface area contributed by atoms with E-state index in [1.807, 2.05) is 0 Å². The molecule has 6 heteroatoms. The topological polar surface area (TPSA) is 40.5 Å². The Morgan fingerprint density at radius 2 is 1.60 bits per heavy atom. The van der Waals surface area contributed by atoms with Crippen LogP contribution >= 0.6 is 12.6 Å². The first-order chi connectivity index (χ1) is 6.97. The molecule has 0 heterocycles. The molecule has 0 aliphatic carbocycles. The molecular formula is C9H9F3O2S. The van der Waals surface area contributed by atoms with Gasteiger partial charge in [0.1, 0.15) is 23.6 Å². The summed E-state index contributed by atoms with van der Waals surface area (Å²) in [7, 11) is 0. The predicted molar refractivity (Wildman–Crippen MR) is 51.1 cm³/mol. The van der Waals surface area contributed by atoms with Crippen LogP contribution in [0.4, 0.5) is 13.2 Å². The van der Waals surface area contributed by atoms with Crippen molar-refractivity contribution in [3.05, 3.63) is 35.1 Å². The molecular weight excluding hydrogens is 229 g/mol. The molecule has 1 aromatic rings. The van der Waals surface area contributed by atoms with Gasteiger partial charge in [0.05, 0.1) is 11.7 Å². The van der Waals surface area contributed by atoms with E-state index >= 15 is 0 Å². The van der Waals surface area contributed by atoms with Gasteiger partial charge < -0.3 is 10.2 Å². The van der Waals surface area contributed by atoms with Crippen LogP contribution in [0, 0.1) is 17.5 Å². The quantitative estimate of drug-likeness (QED) is 0.697. The van der Waals surface area contributed by atoms with Crippen molar-refractivity contribution in [2.75, 3.05) is 5.75 Å². The van der Waals surface area contributed by atoms with Gasteiger partial charge >= 0.3 is 0 Å². The molecule has 0 fully saturated rings. The van der Waals surface area contributed by atoms with Crippen molar-refractivity contribution in [3.63, 3.8) is 0 Å². The highest BCUT2D eigenvalue weighted by molar-refractivity contribution is 7.80. The molecule has 84 valence electrons. The molecule has 0 radical (unpaired) electrons. The van der Waals surface area contributed by atoms with Crippen LogP contribution in [0.1, 0.15) is 11.7 Å². The average molecular weight is 238 g/mol. The number of hydrogen-bond acceptors (Lipinski definition) is 3. The molecule has 2 atom stereocenters. The molecule has 0 saturated heterocycles. The summed E-state index contributed by atoms with van der Waals surface area (Å²) in [5.74, 6) is -3.72. The molecule has 0 bridgehead atoms. The van der Waals surface area contributed by atoms with Crippen LogP contribution < -0.4 is 0 Å². The van der Waals surface area contributed by atoms with Gasteiger partial charge in [-0.3, -0.25) is 0 Å². The number of benzene rings is 1. The Bertz CT molecular complexity index is 336. The summed E-state index contributed by atoms with van der Waals surface area (Å²) >= 11 is 3.66. The van der Waals surface area contributed by atoms with Crippen LogP contribution in [-0.4, -0.2) is 22.1 Å². The minimum Gasteiger partial charge on any atom is -0.389 e. The van der Waals surface area contributed by atoms with E-state index < -0.39 is 35.2 Å². The number of aliphatic hydroxyl groups excluding tert-OH is 2. The van der Waals surface area contributed by atoms with E-state index in [1.165, 1.54) is 0 Å². The van der Waals surface area contributed by atoms with Gasteiger partial charge in [0.15, 0.2) is 0 Å². The Labute approximate surface area is 89.8 Å². The van der Waals surface area contributed by atoms with Crippen LogP contribution in [0.5, 0.6) is 0 Å². The lowest BCUT2D eigenvalue weighted by Gasteiger charge is -2.17. The Kier molecular flexibility index (Phi) is 4.01. The maximum absolute atomic E-state index is 13.1. The number of thiol groups is 1. The maximum atomic E-state index is 13.1. The van der Waals surface area contributed by atoms with E-state index in [0.29, 0.717) is 12.1 Å². The zero-order valence-corrected chi connectivity index (χ0v) is 8.39. The molecule has 0 spiro atoms. The van der Waals surface area contributed by atoms with Crippen molar-refractivity contribution in [1.29, 1.82) is 0 Å². The van der Waals surface area contributed by atoms with Crippen molar-refractivity contribution < 1.29 is 23.4 Å². The third kappa shape index (κ3) is 2.64. The lowest BCUT2D eigenvalue weighted by molar-refractivity contribution is 0.0289. The van der Waals surface area contributed by atoms with E-state index in [2.05, 4.69) is 12.6 Å². The fourth-order valence-electron chi connectivity index (χ4n) is 1.13. The number of rotatable bonds is 3. The first-order valence-electron chi connectivity index (χ1n) is 4.08. The van der Waals surface area contributed by atoms with Gasteiger partial charge in [0.2, 0.25) is 0 Å². The van der Waals surface area contributed by atoms with Crippen LogP contribution in [0.3, 0.4) is 0 Å². The number of halogens is 3. The molecule has 0 saturated carbocycles. The minimum absolute atomic E-state index is 0.169. The van der Waals surface area contributed by atoms with E-state index in [9.17, 15) is 18.3 Å². The third-order valence-corrected chi connectivity index (χ3v) is 2.27. The summed E-state index contributed by atoms with van der Waals surface area (Å²) in [6.07, 6.45) is -3.18. The van der Waals surface area contributed by atoms with Crippen molar-refractivity contribution >= 4 is 12.6 Å². The normalized spacial score (nSPS) is 15.1. The Hall–Kier alpha value is -0.720. The summed E-state index contributed by atoms with van der Waals surface area (Å²) < 4.78 is 38.7. The molecule has 0 aliphatic rings. The monoisotopic (exact) mass is 238 g/mol. The Morgan fingerprint density at radius 1 is 1.13 bits per heavy atom. The van der Waals surface area contributed by atoms with Gasteiger partial charge in [-0.05, 0) is 0 Å². The zero-order valence-electron chi connectivity index (χ0n) is 7.49. The van der Waals surface area contributed by atoms with Gasteiger partial charge in [0.25, 0.3) is 0 Å². The standard InChI is InChI=1S/C9H9F3O2S/c10-4-1-5(11)8(6(12)2-4)9(14)7(13)3-15/h1-2,7,9,13-15H,3H2. The summed E-state index contributed by atoms with van der Waals surface area (Å²) in [6, 6.07) is 0.875. The van der Waals surface area contributed by atoms with Crippen molar-refractivity contribution in [2.24, 2.45) is 0 Å². The molecule has 2 nitrogen and oxygen atoms in total. The highest BCUT2D eigenvalue weighted by Crippen LogP contribution is 2.24. The first kappa shape index (κ1) is 12.4. The lowest BCUT2D eigenvalue weighted by atomic mass is 10.0. The largest absolute Gasteiger partial charge is 0.389 e. The molecule has 2 N–H and O–H groups in total. The smallest absolute Gasteiger partial charge is 0.134 e. The summed E-state index contributed by atoms with van der Waals surface area (Å²) in [4.78, 5) is 0. The van der Waals surface area contributed by atoms with Gasteiger partial charge in [-0.2, -0.15) is 12.6 Å². The molecule has 0 aromatic heterocycles. The van der Waals surface area contributed by atoms with Gasteiger partial charge in [-0.25, -0.2) is 13.2 Å². The fraction of sp³-hybridized carbons (Fsp3) is 0.333. The van der Waals surface area contributed by atoms with Gasteiger partial charge in [-0.15, -0.1) is 0 Å². The highest BCUT2D eigenvalue weighted by atomic mass is 32.1. The molecule has 1 rings (SSSR count). The predicted octanol–water partition coefficient (Wildman–Crippen LogP) is 1.43. The summed E-state index contributed by atoms with van der Waals surface area (Å²) in [5, 5.41) is 18.5. The minimum atomic E-state index is -1.76. The highest BCUT2D eigenvalue weighted by Gasteiger charge is 2.24. The van der Waals surface area contributed by atoms with Crippen molar-refractivity contribution in [3.8, 4) is 0 Å². The second-order valence-corrected chi connectivity index (χ2v) is 3.34. The van der Waals surface area contributed by atoms with E-state index in [0.717, 1.165) is 0 Å². The SMILES string of the molecule is OC(CS)C(O)c1c(F)cc(F)cc1F. The van der Waals surface area contributed by atoms with Gasteiger partial charge in [0, 0.05) is 17.9 Å². The van der Waals surface area contributed by atoms with Crippen LogP contribution in [0.15, 0.2) is 12.1 Å². The fourth-order valence-corrected chi connectivity index (χ4v) is 1.33. The molecule has 2 unspecified atom stereocenters. The molecule has 0 aliphatic heterocycles. The van der Waals surface area contributed by atoms with E-state index in [-0.39, 0.29) is 5.75 Å². The second-order valence-electron chi connectivity index (χ2n) is 2.98. The zero-order chi connectivity index (χ0) is 11.6. The molecule has 0 amide bonds.